The van der Waals surface area contributed by atoms with E-state index in [1.165, 1.54) is 5.01 Å². The van der Waals surface area contributed by atoms with Crippen LogP contribution in [-0.4, -0.2) is 47.1 Å². The van der Waals surface area contributed by atoms with E-state index in [1.54, 1.807) is 13.8 Å². The Balaban J connectivity index is 2.00. The second kappa shape index (κ2) is 4.74. The summed E-state index contributed by atoms with van der Waals surface area (Å²) in [4.78, 5) is 11.8. The van der Waals surface area contributed by atoms with Gasteiger partial charge in [-0.2, -0.15) is 5.10 Å². The first-order valence-corrected chi connectivity index (χ1v) is 6.13. The Hall–Kier alpha value is -0.940. The first kappa shape index (κ1) is 12.5. The first-order chi connectivity index (χ1) is 7.96. The van der Waals surface area contributed by atoms with Gasteiger partial charge in [0.25, 0.3) is 0 Å². The summed E-state index contributed by atoms with van der Waals surface area (Å²) in [6, 6.07) is 0. The molecule has 17 heavy (non-hydrogen) atoms. The van der Waals surface area contributed by atoms with Gasteiger partial charge in [0, 0.05) is 19.1 Å². The van der Waals surface area contributed by atoms with E-state index in [0.29, 0.717) is 12.3 Å². The van der Waals surface area contributed by atoms with Gasteiger partial charge in [-0.25, -0.2) is 5.01 Å². The van der Waals surface area contributed by atoms with Crippen molar-refractivity contribution in [2.45, 2.75) is 38.7 Å². The van der Waals surface area contributed by atoms with Crippen molar-refractivity contribution in [3.05, 3.63) is 0 Å². The van der Waals surface area contributed by atoms with Crippen LogP contribution in [0.25, 0.3) is 0 Å². The van der Waals surface area contributed by atoms with E-state index < -0.39 is 5.60 Å². The third-order valence-electron chi connectivity index (χ3n) is 3.10. The van der Waals surface area contributed by atoms with Crippen molar-refractivity contribution < 1.29 is 14.6 Å². The minimum absolute atomic E-state index is 0.00591. The molecule has 0 bridgehead atoms. The van der Waals surface area contributed by atoms with Gasteiger partial charge in [0.15, 0.2) is 0 Å². The van der Waals surface area contributed by atoms with E-state index >= 15 is 0 Å². The minimum Gasteiger partial charge on any atom is -0.389 e. The molecule has 5 nitrogen and oxygen atoms in total. The summed E-state index contributed by atoms with van der Waals surface area (Å²) in [5.41, 5.74) is 0.0622. The zero-order valence-corrected chi connectivity index (χ0v) is 10.5. The predicted octanol–water partition coefficient (Wildman–Crippen LogP) is 0.772. The van der Waals surface area contributed by atoms with Gasteiger partial charge in [0.2, 0.25) is 5.91 Å². The standard InChI is InChI=1S/C12H20N2O3/c1-12(2,16)8-14-11(15)7-10(13-14)9-3-5-17-6-4-9/h9,16H,3-8H2,1-2H3. The van der Waals surface area contributed by atoms with Crippen molar-refractivity contribution >= 4 is 11.6 Å². The Morgan fingerprint density at radius 3 is 2.71 bits per heavy atom. The van der Waals surface area contributed by atoms with Crippen LogP contribution in [0.5, 0.6) is 0 Å². The van der Waals surface area contributed by atoms with Crippen LogP contribution in [0.1, 0.15) is 33.1 Å². The Morgan fingerprint density at radius 1 is 1.47 bits per heavy atom. The van der Waals surface area contributed by atoms with Gasteiger partial charge in [0.05, 0.1) is 24.3 Å². The third kappa shape index (κ3) is 3.26. The average molecular weight is 240 g/mol. The molecule has 0 atom stereocenters. The van der Waals surface area contributed by atoms with Crippen LogP contribution < -0.4 is 0 Å². The Labute approximate surface area is 101 Å². The van der Waals surface area contributed by atoms with Crippen molar-refractivity contribution in [2.75, 3.05) is 19.8 Å². The van der Waals surface area contributed by atoms with Gasteiger partial charge in [-0.15, -0.1) is 0 Å². The highest BCUT2D eigenvalue weighted by molar-refractivity contribution is 6.06. The second-order valence-electron chi connectivity index (χ2n) is 5.42. The van der Waals surface area contributed by atoms with Gasteiger partial charge in [-0.1, -0.05) is 0 Å². The van der Waals surface area contributed by atoms with Gasteiger partial charge < -0.3 is 9.84 Å². The number of hydrogen-bond acceptors (Lipinski definition) is 4. The van der Waals surface area contributed by atoms with Crippen LogP contribution in [0, 0.1) is 5.92 Å². The fraction of sp³-hybridized carbons (Fsp3) is 0.833. The summed E-state index contributed by atoms with van der Waals surface area (Å²) < 4.78 is 5.30. The van der Waals surface area contributed by atoms with Crippen molar-refractivity contribution in [3.63, 3.8) is 0 Å². The van der Waals surface area contributed by atoms with E-state index in [4.69, 9.17) is 4.74 Å². The Bertz CT molecular complexity index is 327. The van der Waals surface area contributed by atoms with E-state index in [0.717, 1.165) is 31.8 Å². The third-order valence-corrected chi connectivity index (χ3v) is 3.10. The molecule has 1 fully saturated rings. The maximum atomic E-state index is 11.8. The normalized spacial score (nSPS) is 23.1. The van der Waals surface area contributed by atoms with Gasteiger partial charge >= 0.3 is 0 Å². The highest BCUT2D eigenvalue weighted by atomic mass is 16.5. The molecular formula is C12H20N2O3. The zero-order valence-electron chi connectivity index (χ0n) is 10.5. The lowest BCUT2D eigenvalue weighted by Gasteiger charge is -2.23. The lowest BCUT2D eigenvalue weighted by atomic mass is 9.93. The average Bonchev–Trinajstić information content (AvgIpc) is 2.59. The molecule has 1 N–H and O–H groups in total. The number of carbonyl (C=O) groups excluding carboxylic acids is 1. The molecule has 2 heterocycles. The van der Waals surface area contributed by atoms with Crippen LogP contribution >= 0.6 is 0 Å². The minimum atomic E-state index is -0.899. The Morgan fingerprint density at radius 2 is 2.12 bits per heavy atom. The summed E-state index contributed by atoms with van der Waals surface area (Å²) >= 11 is 0. The number of β-amino-alcohol motifs (C(OH)–C–C–N with tert-alkyl or cyclic N) is 1. The number of rotatable bonds is 3. The number of amides is 1. The van der Waals surface area contributed by atoms with Crippen molar-refractivity contribution in [2.24, 2.45) is 11.0 Å². The number of hydrogen-bond donors (Lipinski definition) is 1. The molecule has 96 valence electrons. The van der Waals surface area contributed by atoms with Gasteiger partial charge in [-0.05, 0) is 26.7 Å². The van der Waals surface area contributed by atoms with Crippen molar-refractivity contribution in [3.8, 4) is 0 Å². The number of hydrazone groups is 1. The number of carbonyl (C=O) groups is 1. The van der Waals surface area contributed by atoms with Crippen molar-refractivity contribution in [1.29, 1.82) is 0 Å². The molecule has 0 spiro atoms. The highest BCUT2D eigenvalue weighted by Gasteiger charge is 2.32. The number of ether oxygens (including phenoxy) is 1. The highest BCUT2D eigenvalue weighted by Crippen LogP contribution is 2.24. The molecule has 2 aliphatic heterocycles. The molecular weight excluding hydrogens is 220 g/mol. The van der Waals surface area contributed by atoms with E-state index in [9.17, 15) is 9.90 Å². The topological polar surface area (TPSA) is 62.1 Å². The summed E-state index contributed by atoms with van der Waals surface area (Å²) in [7, 11) is 0. The van der Waals surface area contributed by atoms with Gasteiger partial charge in [-0.3, -0.25) is 4.79 Å². The van der Waals surface area contributed by atoms with Crippen LogP contribution in [0.4, 0.5) is 0 Å². The van der Waals surface area contributed by atoms with Crippen LogP contribution in [0.15, 0.2) is 5.10 Å². The van der Waals surface area contributed by atoms with Crippen LogP contribution in [-0.2, 0) is 9.53 Å². The fourth-order valence-electron chi connectivity index (χ4n) is 2.24. The van der Waals surface area contributed by atoms with E-state index in [1.807, 2.05) is 0 Å². The van der Waals surface area contributed by atoms with Crippen molar-refractivity contribution in [1.82, 2.24) is 5.01 Å². The predicted molar refractivity (Wildman–Crippen MR) is 63.6 cm³/mol. The summed E-state index contributed by atoms with van der Waals surface area (Å²) in [5.74, 6) is 0.369. The molecule has 0 aromatic carbocycles. The second-order valence-corrected chi connectivity index (χ2v) is 5.42. The number of aliphatic hydroxyl groups is 1. The van der Waals surface area contributed by atoms with Crippen LogP contribution in [0.2, 0.25) is 0 Å². The van der Waals surface area contributed by atoms with E-state index in [-0.39, 0.29) is 12.5 Å². The lowest BCUT2D eigenvalue weighted by molar-refractivity contribution is -0.131. The summed E-state index contributed by atoms with van der Waals surface area (Å²) in [5, 5.41) is 15.5. The first-order valence-electron chi connectivity index (χ1n) is 6.13. The molecule has 1 saturated heterocycles. The monoisotopic (exact) mass is 240 g/mol. The maximum Gasteiger partial charge on any atom is 0.248 e. The molecule has 0 radical (unpaired) electrons. The van der Waals surface area contributed by atoms with Gasteiger partial charge in [0.1, 0.15) is 0 Å². The zero-order chi connectivity index (χ0) is 12.5. The number of nitrogens with zero attached hydrogens (tertiary/aromatic N) is 2. The molecule has 0 aromatic heterocycles. The molecule has 0 aliphatic carbocycles. The fourth-order valence-corrected chi connectivity index (χ4v) is 2.24. The molecule has 0 saturated carbocycles. The Kier molecular flexibility index (Phi) is 3.49. The lowest BCUT2D eigenvalue weighted by Crippen LogP contribution is -2.36. The molecule has 5 heteroatoms. The largest absolute Gasteiger partial charge is 0.389 e. The molecule has 2 aliphatic rings. The SMILES string of the molecule is CC(C)(O)CN1N=C(C2CCOCC2)CC1=O. The molecule has 0 unspecified atom stereocenters. The summed E-state index contributed by atoms with van der Waals surface area (Å²) in [6.07, 6.45) is 2.30. The summed E-state index contributed by atoms with van der Waals surface area (Å²) in [6.45, 7) is 5.13. The van der Waals surface area contributed by atoms with E-state index in [2.05, 4.69) is 5.10 Å². The molecule has 1 amide bonds. The molecule has 0 aromatic rings. The quantitative estimate of drug-likeness (QED) is 0.792. The van der Waals surface area contributed by atoms with Crippen LogP contribution in [0.3, 0.4) is 0 Å². The smallest absolute Gasteiger partial charge is 0.248 e. The molecule has 2 rings (SSSR count). The maximum absolute atomic E-state index is 11.8.